The number of nitrogens with one attached hydrogen (secondary N) is 1. The average molecular weight is 333 g/mol. The molecule has 3 aromatic rings. The monoisotopic (exact) mass is 333 g/mol. The first-order valence-electron chi connectivity index (χ1n) is 8.24. The van der Waals surface area contributed by atoms with Gasteiger partial charge in [-0.15, -0.1) is 0 Å². The number of rotatable bonds is 5. The number of para-hydroxylation sites is 1. The fraction of sp³-hybridized carbons (Fsp3) is 0.200. The van der Waals surface area contributed by atoms with E-state index in [2.05, 4.69) is 28.9 Å². The van der Waals surface area contributed by atoms with E-state index in [1.807, 2.05) is 36.4 Å². The van der Waals surface area contributed by atoms with Crippen LogP contribution >= 0.6 is 0 Å². The van der Waals surface area contributed by atoms with Crippen molar-refractivity contribution >= 4 is 33.5 Å². The van der Waals surface area contributed by atoms with Gasteiger partial charge in [-0.1, -0.05) is 18.2 Å². The third kappa shape index (κ3) is 3.07. The zero-order chi connectivity index (χ0) is 17.8. The van der Waals surface area contributed by atoms with E-state index in [0.29, 0.717) is 0 Å². The second-order valence-electron chi connectivity index (χ2n) is 5.53. The van der Waals surface area contributed by atoms with Gasteiger partial charge in [0, 0.05) is 40.2 Å². The molecule has 5 nitrogen and oxygen atoms in total. The van der Waals surface area contributed by atoms with E-state index in [9.17, 15) is 4.79 Å². The van der Waals surface area contributed by atoms with Gasteiger partial charge in [-0.2, -0.15) is 5.26 Å². The maximum absolute atomic E-state index is 11.7. The van der Waals surface area contributed by atoms with Crippen LogP contribution in [-0.4, -0.2) is 17.1 Å². The third-order valence-corrected chi connectivity index (χ3v) is 4.09. The molecule has 0 aliphatic rings. The normalized spacial score (nSPS) is 11.5. The van der Waals surface area contributed by atoms with Gasteiger partial charge >= 0.3 is 5.97 Å². The van der Waals surface area contributed by atoms with E-state index in [1.165, 1.54) is 17.1 Å². The summed E-state index contributed by atoms with van der Waals surface area (Å²) in [5.74, 6) is -0.624. The van der Waals surface area contributed by atoms with E-state index in [1.54, 1.807) is 6.92 Å². The molecule has 0 saturated carbocycles. The van der Waals surface area contributed by atoms with Crippen LogP contribution in [0.1, 0.15) is 13.8 Å². The summed E-state index contributed by atoms with van der Waals surface area (Å²) in [6.45, 7) is 4.95. The number of nitriles is 1. The van der Waals surface area contributed by atoms with Crippen molar-refractivity contribution in [3.8, 4) is 6.07 Å². The predicted molar refractivity (Wildman–Crippen MR) is 99.1 cm³/mol. The second kappa shape index (κ2) is 7.10. The minimum absolute atomic E-state index is 0.0575. The first-order chi connectivity index (χ1) is 12.2. The van der Waals surface area contributed by atoms with Crippen molar-refractivity contribution in [2.75, 3.05) is 11.9 Å². The minimum atomic E-state index is -0.624. The Morgan fingerprint density at radius 3 is 2.68 bits per heavy atom. The Bertz CT molecular complexity index is 1010. The molecule has 0 spiro atoms. The van der Waals surface area contributed by atoms with Gasteiger partial charge in [0.25, 0.3) is 0 Å². The molecule has 3 rings (SSSR count). The van der Waals surface area contributed by atoms with E-state index in [-0.39, 0.29) is 12.2 Å². The topological polar surface area (TPSA) is 67.1 Å². The van der Waals surface area contributed by atoms with Crippen molar-refractivity contribution < 1.29 is 9.53 Å². The van der Waals surface area contributed by atoms with Gasteiger partial charge in [0.1, 0.15) is 6.07 Å². The van der Waals surface area contributed by atoms with Gasteiger partial charge in [-0.05, 0) is 38.1 Å². The quantitative estimate of drug-likeness (QED) is 0.432. The zero-order valence-electron chi connectivity index (χ0n) is 14.2. The summed E-state index contributed by atoms with van der Waals surface area (Å²) in [5.41, 5.74) is 3.10. The summed E-state index contributed by atoms with van der Waals surface area (Å²) in [7, 11) is 0. The molecule has 25 heavy (non-hydrogen) atoms. The van der Waals surface area contributed by atoms with E-state index >= 15 is 0 Å². The summed E-state index contributed by atoms with van der Waals surface area (Å²) in [4.78, 5) is 11.7. The number of benzene rings is 2. The number of fused-ring (bicyclic) bond motifs is 3. The number of anilines is 1. The molecule has 0 bridgehead atoms. The Labute approximate surface area is 146 Å². The molecular weight excluding hydrogens is 314 g/mol. The van der Waals surface area contributed by atoms with Crippen LogP contribution in [0.2, 0.25) is 0 Å². The lowest BCUT2D eigenvalue weighted by Crippen LogP contribution is -2.07. The highest BCUT2D eigenvalue weighted by molar-refractivity contribution is 6.09. The summed E-state index contributed by atoms with van der Waals surface area (Å²) >= 11 is 0. The van der Waals surface area contributed by atoms with Crippen LogP contribution in [-0.2, 0) is 16.1 Å². The number of aryl methyl sites for hydroxylation is 1. The molecule has 0 fully saturated rings. The smallest absolute Gasteiger partial charge is 0.350 e. The Morgan fingerprint density at radius 2 is 1.96 bits per heavy atom. The van der Waals surface area contributed by atoms with Crippen molar-refractivity contribution in [1.82, 2.24) is 4.57 Å². The molecule has 0 atom stereocenters. The molecule has 5 heteroatoms. The van der Waals surface area contributed by atoms with Gasteiger partial charge in [-0.25, -0.2) is 4.79 Å². The summed E-state index contributed by atoms with van der Waals surface area (Å²) < 4.78 is 7.12. The van der Waals surface area contributed by atoms with Crippen molar-refractivity contribution in [3.63, 3.8) is 0 Å². The highest BCUT2D eigenvalue weighted by Crippen LogP contribution is 2.30. The molecule has 0 radical (unpaired) electrons. The number of esters is 1. The van der Waals surface area contributed by atoms with Gasteiger partial charge in [0.2, 0.25) is 0 Å². The lowest BCUT2D eigenvalue weighted by atomic mass is 10.1. The average Bonchev–Trinajstić information content (AvgIpc) is 2.95. The van der Waals surface area contributed by atoms with Crippen molar-refractivity contribution in [2.24, 2.45) is 0 Å². The van der Waals surface area contributed by atoms with Crippen molar-refractivity contribution in [3.05, 3.63) is 54.2 Å². The van der Waals surface area contributed by atoms with Gasteiger partial charge in [0.05, 0.1) is 6.61 Å². The molecule has 1 heterocycles. The van der Waals surface area contributed by atoms with Gasteiger partial charge in [-0.3, -0.25) is 0 Å². The first kappa shape index (κ1) is 16.6. The molecule has 0 amide bonds. The Kier molecular flexibility index (Phi) is 4.71. The zero-order valence-corrected chi connectivity index (χ0v) is 14.2. The molecule has 0 unspecified atom stereocenters. The summed E-state index contributed by atoms with van der Waals surface area (Å²) in [5, 5.41) is 14.4. The van der Waals surface area contributed by atoms with E-state index in [0.717, 1.165) is 23.1 Å². The molecule has 1 aromatic heterocycles. The maximum Gasteiger partial charge on any atom is 0.350 e. The molecule has 1 N–H and O–H groups in total. The Morgan fingerprint density at radius 1 is 1.20 bits per heavy atom. The minimum Gasteiger partial charge on any atom is -0.462 e. The Balaban J connectivity index is 2.01. The van der Waals surface area contributed by atoms with Crippen molar-refractivity contribution in [1.29, 1.82) is 5.26 Å². The van der Waals surface area contributed by atoms with Crippen LogP contribution in [0.5, 0.6) is 0 Å². The number of carbonyl (C=O) groups excluding carboxylic acids is 1. The number of hydrogen-bond donors (Lipinski definition) is 1. The van der Waals surface area contributed by atoms with Crippen LogP contribution in [0.4, 0.5) is 5.69 Å². The molecule has 126 valence electrons. The maximum atomic E-state index is 11.7. The number of hydrogen-bond acceptors (Lipinski definition) is 4. The van der Waals surface area contributed by atoms with Crippen LogP contribution in [0.25, 0.3) is 21.8 Å². The van der Waals surface area contributed by atoms with Crippen LogP contribution < -0.4 is 5.32 Å². The highest BCUT2D eigenvalue weighted by atomic mass is 16.5. The molecular formula is C20H19N3O2. The standard InChI is InChI=1S/C20H19N3O2/c1-3-23-18-8-6-5-7-16(18)17-11-15(9-10-19(17)23)22-13-14(12-21)20(24)25-4-2/h5-11,13,22H,3-4H2,1-2H3/b14-13-. The SMILES string of the molecule is CCOC(=O)/C(C#N)=C\Nc1ccc2c(c1)c1ccccc1n2CC. The fourth-order valence-electron chi connectivity index (χ4n) is 2.99. The lowest BCUT2D eigenvalue weighted by Gasteiger charge is -2.05. The molecule has 0 saturated heterocycles. The fourth-order valence-corrected chi connectivity index (χ4v) is 2.99. The highest BCUT2D eigenvalue weighted by Gasteiger charge is 2.11. The largest absolute Gasteiger partial charge is 0.462 e. The number of carbonyl (C=O) groups is 1. The molecule has 2 aromatic carbocycles. The number of aromatic nitrogens is 1. The number of ether oxygens (including phenoxy) is 1. The van der Waals surface area contributed by atoms with Gasteiger partial charge in [0.15, 0.2) is 5.57 Å². The van der Waals surface area contributed by atoms with E-state index < -0.39 is 5.97 Å². The van der Waals surface area contributed by atoms with Gasteiger partial charge < -0.3 is 14.6 Å². The summed E-state index contributed by atoms with van der Waals surface area (Å²) in [6, 6.07) is 16.1. The Hall–Kier alpha value is -3.26. The second-order valence-corrected chi connectivity index (χ2v) is 5.53. The van der Waals surface area contributed by atoms with Crippen LogP contribution in [0, 0.1) is 11.3 Å². The molecule has 0 aliphatic carbocycles. The van der Waals surface area contributed by atoms with Crippen molar-refractivity contribution in [2.45, 2.75) is 20.4 Å². The van der Waals surface area contributed by atoms with E-state index in [4.69, 9.17) is 10.00 Å². The third-order valence-electron chi connectivity index (χ3n) is 4.09. The summed E-state index contributed by atoms with van der Waals surface area (Å²) in [6.07, 6.45) is 1.39. The predicted octanol–water partition coefficient (Wildman–Crippen LogP) is 4.20. The molecule has 0 aliphatic heterocycles. The first-order valence-corrected chi connectivity index (χ1v) is 8.24. The van der Waals surface area contributed by atoms with Crippen LogP contribution in [0.15, 0.2) is 54.2 Å². The number of nitrogens with zero attached hydrogens (tertiary/aromatic N) is 2. The lowest BCUT2D eigenvalue weighted by molar-refractivity contribution is -0.138. The van der Waals surface area contributed by atoms with Crippen LogP contribution in [0.3, 0.4) is 0 Å².